The Morgan fingerprint density at radius 2 is 2.36 bits per heavy atom. The number of hydrogen-bond donors (Lipinski definition) is 1. The lowest BCUT2D eigenvalue weighted by Crippen LogP contribution is -2.51. The SMILES string of the molecule is CCC(C)CN1CCO[C@@H]2CNC[C@H]21. The molecule has 82 valence electrons. The molecule has 2 saturated heterocycles. The Kier molecular flexibility index (Phi) is 3.42. The number of ether oxygens (including phenoxy) is 1. The molecule has 0 saturated carbocycles. The van der Waals surface area contributed by atoms with E-state index in [1.54, 1.807) is 0 Å². The van der Waals surface area contributed by atoms with E-state index in [4.69, 9.17) is 4.74 Å². The second-order valence-corrected chi connectivity index (χ2v) is 4.64. The maximum atomic E-state index is 5.74. The monoisotopic (exact) mass is 198 g/mol. The molecule has 0 radical (unpaired) electrons. The molecule has 3 atom stereocenters. The van der Waals surface area contributed by atoms with Crippen molar-refractivity contribution >= 4 is 0 Å². The molecule has 0 aromatic carbocycles. The number of nitrogens with one attached hydrogen (secondary N) is 1. The fourth-order valence-electron chi connectivity index (χ4n) is 2.42. The normalized spacial score (nSPS) is 35.6. The highest BCUT2D eigenvalue weighted by molar-refractivity contribution is 4.92. The van der Waals surface area contributed by atoms with Gasteiger partial charge in [0.25, 0.3) is 0 Å². The molecule has 14 heavy (non-hydrogen) atoms. The van der Waals surface area contributed by atoms with Crippen LogP contribution in [-0.2, 0) is 4.74 Å². The van der Waals surface area contributed by atoms with E-state index >= 15 is 0 Å². The second kappa shape index (κ2) is 4.60. The van der Waals surface area contributed by atoms with Gasteiger partial charge in [0.15, 0.2) is 0 Å². The zero-order valence-electron chi connectivity index (χ0n) is 9.33. The molecule has 3 heteroatoms. The van der Waals surface area contributed by atoms with Crippen molar-refractivity contribution in [1.29, 1.82) is 0 Å². The number of fused-ring (bicyclic) bond motifs is 1. The maximum Gasteiger partial charge on any atom is 0.0867 e. The highest BCUT2D eigenvalue weighted by Crippen LogP contribution is 2.19. The van der Waals surface area contributed by atoms with Crippen LogP contribution in [0.2, 0.25) is 0 Å². The van der Waals surface area contributed by atoms with Crippen molar-refractivity contribution in [2.75, 3.05) is 32.8 Å². The third kappa shape index (κ3) is 2.10. The Hall–Kier alpha value is -0.120. The van der Waals surface area contributed by atoms with E-state index in [0.29, 0.717) is 12.1 Å². The highest BCUT2D eigenvalue weighted by Gasteiger charge is 2.35. The Morgan fingerprint density at radius 1 is 1.50 bits per heavy atom. The van der Waals surface area contributed by atoms with Gasteiger partial charge in [-0.3, -0.25) is 4.90 Å². The Morgan fingerprint density at radius 3 is 3.14 bits per heavy atom. The van der Waals surface area contributed by atoms with Crippen LogP contribution >= 0.6 is 0 Å². The number of morpholine rings is 1. The quantitative estimate of drug-likeness (QED) is 0.722. The summed E-state index contributed by atoms with van der Waals surface area (Å²) < 4.78 is 5.74. The van der Waals surface area contributed by atoms with Gasteiger partial charge in [0, 0.05) is 32.2 Å². The molecule has 0 aliphatic carbocycles. The molecule has 2 aliphatic rings. The molecule has 0 amide bonds. The number of nitrogens with zero attached hydrogens (tertiary/aromatic N) is 1. The zero-order valence-corrected chi connectivity index (χ0v) is 9.33. The van der Waals surface area contributed by atoms with Gasteiger partial charge in [0.2, 0.25) is 0 Å². The second-order valence-electron chi connectivity index (χ2n) is 4.64. The number of rotatable bonds is 3. The molecular weight excluding hydrogens is 176 g/mol. The summed E-state index contributed by atoms with van der Waals surface area (Å²) in [5, 5.41) is 3.42. The first-order valence-corrected chi connectivity index (χ1v) is 5.87. The summed E-state index contributed by atoms with van der Waals surface area (Å²) in [6, 6.07) is 0.637. The summed E-state index contributed by atoms with van der Waals surface area (Å²) in [4.78, 5) is 2.61. The summed E-state index contributed by atoms with van der Waals surface area (Å²) >= 11 is 0. The van der Waals surface area contributed by atoms with Crippen LogP contribution in [0.5, 0.6) is 0 Å². The summed E-state index contributed by atoms with van der Waals surface area (Å²) in [5.74, 6) is 0.814. The van der Waals surface area contributed by atoms with E-state index in [1.807, 2.05) is 0 Å². The van der Waals surface area contributed by atoms with Gasteiger partial charge in [0.1, 0.15) is 0 Å². The van der Waals surface area contributed by atoms with Gasteiger partial charge in [-0.1, -0.05) is 20.3 Å². The van der Waals surface area contributed by atoms with E-state index in [-0.39, 0.29) is 0 Å². The third-order valence-corrected chi connectivity index (χ3v) is 3.55. The van der Waals surface area contributed by atoms with Crippen LogP contribution in [0.3, 0.4) is 0 Å². The minimum absolute atomic E-state index is 0.452. The van der Waals surface area contributed by atoms with E-state index < -0.39 is 0 Å². The van der Waals surface area contributed by atoms with Gasteiger partial charge in [-0.05, 0) is 5.92 Å². The predicted molar refractivity (Wildman–Crippen MR) is 57.4 cm³/mol. The first-order chi connectivity index (χ1) is 6.81. The third-order valence-electron chi connectivity index (χ3n) is 3.55. The molecule has 3 nitrogen and oxygen atoms in total. The van der Waals surface area contributed by atoms with Gasteiger partial charge in [-0.15, -0.1) is 0 Å². The van der Waals surface area contributed by atoms with Gasteiger partial charge >= 0.3 is 0 Å². The van der Waals surface area contributed by atoms with Crippen molar-refractivity contribution in [3.8, 4) is 0 Å². The van der Waals surface area contributed by atoms with Gasteiger partial charge in [-0.2, -0.15) is 0 Å². The largest absolute Gasteiger partial charge is 0.374 e. The first kappa shape index (κ1) is 10.4. The van der Waals surface area contributed by atoms with E-state index in [1.165, 1.54) is 13.0 Å². The zero-order chi connectivity index (χ0) is 9.97. The molecule has 2 rings (SSSR count). The van der Waals surface area contributed by atoms with Crippen LogP contribution in [0.25, 0.3) is 0 Å². The molecule has 1 unspecified atom stereocenters. The maximum absolute atomic E-state index is 5.74. The summed E-state index contributed by atoms with van der Waals surface area (Å²) in [5.41, 5.74) is 0. The van der Waals surface area contributed by atoms with Crippen molar-refractivity contribution < 1.29 is 4.74 Å². The Bertz CT molecular complexity index is 186. The molecular formula is C11H22N2O. The summed E-state index contributed by atoms with van der Waals surface area (Å²) in [6.45, 7) is 10.0. The van der Waals surface area contributed by atoms with Gasteiger partial charge < -0.3 is 10.1 Å². The topological polar surface area (TPSA) is 24.5 Å². The molecule has 0 spiro atoms. The van der Waals surface area contributed by atoms with E-state index in [0.717, 1.165) is 32.2 Å². The molecule has 0 bridgehead atoms. The Balaban J connectivity index is 1.90. The van der Waals surface area contributed by atoms with E-state index in [9.17, 15) is 0 Å². The van der Waals surface area contributed by atoms with Crippen LogP contribution in [0, 0.1) is 5.92 Å². The van der Waals surface area contributed by atoms with Crippen molar-refractivity contribution in [2.24, 2.45) is 5.92 Å². The smallest absolute Gasteiger partial charge is 0.0867 e. The van der Waals surface area contributed by atoms with Crippen molar-refractivity contribution in [3.63, 3.8) is 0 Å². The summed E-state index contributed by atoms with van der Waals surface area (Å²) in [7, 11) is 0. The fraction of sp³-hybridized carbons (Fsp3) is 1.00. The average molecular weight is 198 g/mol. The minimum Gasteiger partial charge on any atom is -0.374 e. The Labute approximate surface area is 86.8 Å². The average Bonchev–Trinajstić information content (AvgIpc) is 2.66. The number of hydrogen-bond acceptors (Lipinski definition) is 3. The fourth-order valence-corrected chi connectivity index (χ4v) is 2.42. The lowest BCUT2D eigenvalue weighted by molar-refractivity contribution is -0.0509. The molecule has 2 heterocycles. The first-order valence-electron chi connectivity index (χ1n) is 5.87. The van der Waals surface area contributed by atoms with Crippen LogP contribution in [0.4, 0.5) is 0 Å². The van der Waals surface area contributed by atoms with Crippen molar-refractivity contribution in [1.82, 2.24) is 10.2 Å². The van der Waals surface area contributed by atoms with Crippen LogP contribution < -0.4 is 5.32 Å². The lowest BCUT2D eigenvalue weighted by atomic mass is 10.1. The standard InChI is InChI=1S/C11H22N2O/c1-3-9(2)8-13-4-5-14-11-7-12-6-10(11)13/h9-12H,3-8H2,1-2H3/t9?,10-,11-/m1/s1. The molecule has 2 aliphatic heterocycles. The van der Waals surface area contributed by atoms with Crippen molar-refractivity contribution in [2.45, 2.75) is 32.4 Å². The van der Waals surface area contributed by atoms with E-state index in [2.05, 4.69) is 24.1 Å². The minimum atomic E-state index is 0.452. The molecule has 2 fully saturated rings. The van der Waals surface area contributed by atoms with Gasteiger partial charge in [-0.25, -0.2) is 0 Å². The lowest BCUT2D eigenvalue weighted by Gasteiger charge is -2.38. The predicted octanol–water partition coefficient (Wildman–Crippen LogP) is 0.705. The van der Waals surface area contributed by atoms with Crippen molar-refractivity contribution in [3.05, 3.63) is 0 Å². The highest BCUT2D eigenvalue weighted by atomic mass is 16.5. The molecule has 0 aromatic rings. The van der Waals surface area contributed by atoms with Crippen LogP contribution in [-0.4, -0.2) is 49.8 Å². The van der Waals surface area contributed by atoms with Gasteiger partial charge in [0.05, 0.1) is 12.7 Å². The van der Waals surface area contributed by atoms with Crippen LogP contribution in [0.15, 0.2) is 0 Å². The molecule has 0 aromatic heterocycles. The van der Waals surface area contributed by atoms with Crippen LogP contribution in [0.1, 0.15) is 20.3 Å². The summed E-state index contributed by atoms with van der Waals surface area (Å²) in [6.07, 6.45) is 1.73. The molecule has 1 N–H and O–H groups in total.